The van der Waals surface area contributed by atoms with Crippen molar-refractivity contribution in [3.63, 3.8) is 0 Å². The molecule has 1 aliphatic heterocycles. The van der Waals surface area contributed by atoms with Gasteiger partial charge in [0.2, 0.25) is 0 Å². The maximum Gasteiger partial charge on any atom is 0.123 e. The molecule has 0 aromatic heterocycles. The molecule has 1 atom stereocenters. The highest BCUT2D eigenvalue weighted by atomic mass is 19.1. The zero-order chi connectivity index (χ0) is 12.4. The minimum Gasteiger partial charge on any atom is -0.302 e. The van der Waals surface area contributed by atoms with E-state index in [1.54, 1.807) is 12.1 Å². The molecule has 0 radical (unpaired) electrons. The van der Waals surface area contributed by atoms with Crippen molar-refractivity contribution in [2.45, 2.75) is 38.0 Å². The summed E-state index contributed by atoms with van der Waals surface area (Å²) in [5.41, 5.74) is 1.31. The molecule has 0 amide bonds. The molecule has 1 aliphatic carbocycles. The molecular weight excluding hydrogens is 225 g/mol. The van der Waals surface area contributed by atoms with Crippen molar-refractivity contribution in [2.75, 3.05) is 19.6 Å². The SMILES string of the molecule is Fc1ccc(C2CCN(CC3CCCC3)C2)cc1. The van der Waals surface area contributed by atoms with E-state index in [1.807, 2.05) is 12.1 Å². The van der Waals surface area contributed by atoms with Gasteiger partial charge < -0.3 is 4.90 Å². The van der Waals surface area contributed by atoms with Crippen molar-refractivity contribution >= 4 is 0 Å². The molecule has 3 rings (SSSR count). The van der Waals surface area contributed by atoms with Crippen LogP contribution in [0.25, 0.3) is 0 Å². The van der Waals surface area contributed by atoms with Gasteiger partial charge in [-0.15, -0.1) is 0 Å². The third kappa shape index (κ3) is 2.74. The number of nitrogens with zero attached hydrogens (tertiary/aromatic N) is 1. The summed E-state index contributed by atoms with van der Waals surface area (Å²) in [4.78, 5) is 2.62. The van der Waals surface area contributed by atoms with Crippen LogP contribution < -0.4 is 0 Å². The van der Waals surface area contributed by atoms with E-state index < -0.39 is 0 Å². The van der Waals surface area contributed by atoms with Crippen LogP contribution in [-0.4, -0.2) is 24.5 Å². The van der Waals surface area contributed by atoms with E-state index >= 15 is 0 Å². The average molecular weight is 247 g/mol. The topological polar surface area (TPSA) is 3.24 Å². The van der Waals surface area contributed by atoms with Crippen LogP contribution in [0.3, 0.4) is 0 Å². The lowest BCUT2D eigenvalue weighted by atomic mass is 9.98. The van der Waals surface area contributed by atoms with Gasteiger partial charge in [0, 0.05) is 13.1 Å². The molecule has 0 spiro atoms. The summed E-state index contributed by atoms with van der Waals surface area (Å²) >= 11 is 0. The van der Waals surface area contributed by atoms with Gasteiger partial charge in [-0.1, -0.05) is 25.0 Å². The minimum absolute atomic E-state index is 0.125. The Hall–Kier alpha value is -0.890. The van der Waals surface area contributed by atoms with E-state index in [4.69, 9.17) is 0 Å². The summed E-state index contributed by atoms with van der Waals surface area (Å²) in [5, 5.41) is 0. The van der Waals surface area contributed by atoms with Crippen molar-refractivity contribution in [2.24, 2.45) is 5.92 Å². The third-order valence-electron chi connectivity index (χ3n) is 4.60. The zero-order valence-electron chi connectivity index (χ0n) is 10.9. The highest BCUT2D eigenvalue weighted by molar-refractivity contribution is 5.21. The molecular formula is C16H22FN. The zero-order valence-corrected chi connectivity index (χ0v) is 10.9. The van der Waals surface area contributed by atoms with Crippen LogP contribution in [0.2, 0.25) is 0 Å². The quantitative estimate of drug-likeness (QED) is 0.785. The highest BCUT2D eigenvalue weighted by Crippen LogP contribution is 2.31. The van der Waals surface area contributed by atoms with E-state index in [-0.39, 0.29) is 5.82 Å². The van der Waals surface area contributed by atoms with Crippen molar-refractivity contribution < 1.29 is 4.39 Å². The fraction of sp³-hybridized carbons (Fsp3) is 0.625. The first-order valence-electron chi connectivity index (χ1n) is 7.29. The van der Waals surface area contributed by atoms with E-state index in [0.29, 0.717) is 5.92 Å². The van der Waals surface area contributed by atoms with Gasteiger partial charge >= 0.3 is 0 Å². The second kappa shape index (κ2) is 5.40. The number of hydrogen-bond donors (Lipinski definition) is 0. The Morgan fingerprint density at radius 3 is 2.50 bits per heavy atom. The molecule has 98 valence electrons. The molecule has 2 aliphatic rings. The van der Waals surface area contributed by atoms with Gasteiger partial charge in [-0.3, -0.25) is 0 Å². The van der Waals surface area contributed by atoms with E-state index in [1.165, 1.54) is 57.3 Å². The average Bonchev–Trinajstić information content (AvgIpc) is 3.02. The van der Waals surface area contributed by atoms with Gasteiger partial charge in [-0.05, 0) is 55.3 Å². The van der Waals surface area contributed by atoms with Crippen molar-refractivity contribution in [3.05, 3.63) is 35.6 Å². The van der Waals surface area contributed by atoms with E-state index in [2.05, 4.69) is 4.90 Å². The summed E-state index contributed by atoms with van der Waals surface area (Å²) in [6.07, 6.45) is 6.95. The first-order valence-corrected chi connectivity index (χ1v) is 7.29. The Bertz CT molecular complexity index is 381. The van der Waals surface area contributed by atoms with Crippen LogP contribution in [0.5, 0.6) is 0 Å². The van der Waals surface area contributed by atoms with Gasteiger partial charge in [-0.2, -0.15) is 0 Å². The highest BCUT2D eigenvalue weighted by Gasteiger charge is 2.26. The maximum absolute atomic E-state index is 12.9. The lowest BCUT2D eigenvalue weighted by molar-refractivity contribution is 0.277. The third-order valence-corrected chi connectivity index (χ3v) is 4.60. The first kappa shape index (κ1) is 12.2. The van der Waals surface area contributed by atoms with Crippen LogP contribution in [0.4, 0.5) is 4.39 Å². The van der Waals surface area contributed by atoms with Crippen LogP contribution in [0, 0.1) is 11.7 Å². The van der Waals surface area contributed by atoms with Crippen LogP contribution in [0.15, 0.2) is 24.3 Å². The monoisotopic (exact) mass is 247 g/mol. The molecule has 1 aromatic carbocycles. The molecule has 18 heavy (non-hydrogen) atoms. The van der Waals surface area contributed by atoms with Gasteiger partial charge in [-0.25, -0.2) is 4.39 Å². The number of rotatable bonds is 3. The predicted molar refractivity (Wildman–Crippen MR) is 72.2 cm³/mol. The molecule has 1 aromatic rings. The number of hydrogen-bond acceptors (Lipinski definition) is 1. The standard InChI is InChI=1S/C16H22FN/c17-16-7-5-14(6-8-16)15-9-10-18(12-15)11-13-3-1-2-4-13/h5-8,13,15H,1-4,9-12H2. The smallest absolute Gasteiger partial charge is 0.123 e. The first-order chi connectivity index (χ1) is 8.81. The normalized spacial score (nSPS) is 25.9. The largest absolute Gasteiger partial charge is 0.302 e. The Morgan fingerprint density at radius 2 is 1.78 bits per heavy atom. The Labute approximate surface area is 109 Å². The van der Waals surface area contributed by atoms with Crippen molar-refractivity contribution in [1.29, 1.82) is 0 Å². The van der Waals surface area contributed by atoms with Crippen LogP contribution >= 0.6 is 0 Å². The second-order valence-corrected chi connectivity index (χ2v) is 5.95. The number of halogens is 1. The van der Waals surface area contributed by atoms with Gasteiger partial charge in [0.1, 0.15) is 5.82 Å². The second-order valence-electron chi connectivity index (χ2n) is 5.95. The summed E-state index contributed by atoms with van der Waals surface area (Å²) < 4.78 is 12.9. The number of benzene rings is 1. The van der Waals surface area contributed by atoms with Gasteiger partial charge in [0.25, 0.3) is 0 Å². The summed E-state index contributed by atoms with van der Waals surface area (Å²) in [6.45, 7) is 3.68. The Kier molecular flexibility index (Phi) is 3.64. The molecule has 2 fully saturated rings. The maximum atomic E-state index is 12.9. The molecule has 1 nitrogen and oxygen atoms in total. The van der Waals surface area contributed by atoms with Crippen molar-refractivity contribution in [3.8, 4) is 0 Å². The molecule has 1 heterocycles. The molecule has 0 N–H and O–H groups in total. The van der Waals surface area contributed by atoms with Gasteiger partial charge in [0.15, 0.2) is 0 Å². The minimum atomic E-state index is -0.125. The Balaban J connectivity index is 1.55. The fourth-order valence-electron chi connectivity index (χ4n) is 3.56. The molecule has 1 saturated heterocycles. The summed E-state index contributed by atoms with van der Waals surface area (Å²) in [7, 11) is 0. The van der Waals surface area contributed by atoms with E-state index in [9.17, 15) is 4.39 Å². The molecule has 2 heteroatoms. The van der Waals surface area contributed by atoms with Gasteiger partial charge in [0.05, 0.1) is 0 Å². The Morgan fingerprint density at radius 1 is 1.06 bits per heavy atom. The molecule has 1 saturated carbocycles. The molecule has 0 bridgehead atoms. The number of likely N-dealkylation sites (tertiary alicyclic amines) is 1. The molecule has 1 unspecified atom stereocenters. The lowest BCUT2D eigenvalue weighted by Crippen LogP contribution is -2.26. The van der Waals surface area contributed by atoms with E-state index in [0.717, 1.165) is 5.92 Å². The lowest BCUT2D eigenvalue weighted by Gasteiger charge is -2.20. The fourth-order valence-corrected chi connectivity index (χ4v) is 3.56. The van der Waals surface area contributed by atoms with Crippen LogP contribution in [0.1, 0.15) is 43.6 Å². The van der Waals surface area contributed by atoms with Crippen molar-refractivity contribution in [1.82, 2.24) is 4.90 Å². The summed E-state index contributed by atoms with van der Waals surface area (Å²) in [6, 6.07) is 7.10. The van der Waals surface area contributed by atoms with Crippen LogP contribution in [-0.2, 0) is 0 Å². The predicted octanol–water partition coefficient (Wildman–Crippen LogP) is 3.81. The summed E-state index contributed by atoms with van der Waals surface area (Å²) in [5.74, 6) is 1.43.